The molecule has 1 atom stereocenters. The van der Waals surface area contributed by atoms with Crippen LogP contribution in [-0.4, -0.2) is 36.1 Å². The molecule has 1 aromatic rings. The van der Waals surface area contributed by atoms with Gasteiger partial charge in [-0.2, -0.15) is 0 Å². The van der Waals surface area contributed by atoms with Crippen molar-refractivity contribution in [1.29, 1.82) is 0 Å². The number of aliphatic hydroxyl groups excluding tert-OH is 1. The van der Waals surface area contributed by atoms with E-state index in [1.807, 2.05) is 19.9 Å². The van der Waals surface area contributed by atoms with E-state index in [0.717, 1.165) is 5.56 Å². The third-order valence-electron chi connectivity index (χ3n) is 2.96. The van der Waals surface area contributed by atoms with Gasteiger partial charge in [-0.15, -0.1) is 0 Å². The van der Waals surface area contributed by atoms with Crippen LogP contribution in [0.5, 0.6) is 0 Å². The Kier molecular flexibility index (Phi) is 6.73. The van der Waals surface area contributed by atoms with E-state index >= 15 is 0 Å². The Balaban J connectivity index is 2.29. The van der Waals surface area contributed by atoms with Crippen LogP contribution >= 0.6 is 0 Å². The van der Waals surface area contributed by atoms with Gasteiger partial charge >= 0.3 is 0 Å². The van der Waals surface area contributed by atoms with Gasteiger partial charge in [0.05, 0.1) is 12.6 Å². The fourth-order valence-electron chi connectivity index (χ4n) is 1.69. The van der Waals surface area contributed by atoms with Gasteiger partial charge in [0, 0.05) is 12.1 Å². The zero-order valence-electron chi connectivity index (χ0n) is 12.0. The topological polar surface area (TPSA) is 78.4 Å². The number of hydrogen-bond acceptors (Lipinski definition) is 3. The first-order chi connectivity index (χ1) is 9.52. The minimum absolute atomic E-state index is 0.0605. The van der Waals surface area contributed by atoms with Crippen molar-refractivity contribution in [3.63, 3.8) is 0 Å². The molecule has 0 bridgehead atoms. The summed E-state index contributed by atoms with van der Waals surface area (Å²) in [7, 11) is 0. The summed E-state index contributed by atoms with van der Waals surface area (Å²) in [5, 5.41) is 14.6. The number of nitrogens with one attached hydrogen (secondary N) is 2. The lowest BCUT2D eigenvalue weighted by molar-refractivity contribution is -0.120. The maximum absolute atomic E-state index is 11.8. The van der Waals surface area contributed by atoms with Crippen molar-refractivity contribution < 1.29 is 14.7 Å². The van der Waals surface area contributed by atoms with Crippen LogP contribution in [0.25, 0.3) is 0 Å². The molecular weight excluding hydrogens is 256 g/mol. The molecule has 0 aliphatic heterocycles. The number of carbonyl (C=O) groups excluding carboxylic acids is 2. The summed E-state index contributed by atoms with van der Waals surface area (Å²) >= 11 is 0. The molecule has 0 radical (unpaired) electrons. The molecule has 2 amide bonds. The minimum Gasteiger partial charge on any atom is -0.393 e. The Morgan fingerprint density at radius 2 is 2.05 bits per heavy atom. The number of amides is 2. The second-order valence-electron chi connectivity index (χ2n) is 4.75. The van der Waals surface area contributed by atoms with E-state index in [9.17, 15) is 14.7 Å². The Labute approximate surface area is 119 Å². The van der Waals surface area contributed by atoms with E-state index in [4.69, 9.17) is 0 Å². The van der Waals surface area contributed by atoms with Crippen molar-refractivity contribution in [1.82, 2.24) is 10.6 Å². The molecule has 0 aliphatic carbocycles. The smallest absolute Gasteiger partial charge is 0.251 e. The van der Waals surface area contributed by atoms with Crippen LogP contribution in [0.2, 0.25) is 0 Å². The summed E-state index contributed by atoms with van der Waals surface area (Å²) in [5.74, 6) is -0.522. The molecule has 110 valence electrons. The zero-order chi connectivity index (χ0) is 15.0. The fourth-order valence-corrected chi connectivity index (χ4v) is 1.69. The van der Waals surface area contributed by atoms with Gasteiger partial charge in [-0.3, -0.25) is 9.59 Å². The van der Waals surface area contributed by atoms with Crippen LogP contribution in [0.4, 0.5) is 0 Å². The Morgan fingerprint density at radius 3 is 2.70 bits per heavy atom. The maximum atomic E-state index is 11.8. The van der Waals surface area contributed by atoms with E-state index in [2.05, 4.69) is 10.6 Å². The van der Waals surface area contributed by atoms with E-state index in [1.165, 1.54) is 0 Å². The van der Waals surface area contributed by atoms with E-state index in [0.29, 0.717) is 24.9 Å². The van der Waals surface area contributed by atoms with Crippen molar-refractivity contribution >= 4 is 11.8 Å². The molecular formula is C15H22N2O3. The number of aliphatic hydroxyl groups is 1. The van der Waals surface area contributed by atoms with Crippen molar-refractivity contribution in [2.45, 2.75) is 32.8 Å². The van der Waals surface area contributed by atoms with Crippen molar-refractivity contribution in [3.05, 3.63) is 35.4 Å². The molecule has 0 fully saturated rings. The molecule has 5 nitrogen and oxygen atoms in total. The van der Waals surface area contributed by atoms with Crippen molar-refractivity contribution in [3.8, 4) is 0 Å². The van der Waals surface area contributed by atoms with E-state index in [-0.39, 0.29) is 18.4 Å². The van der Waals surface area contributed by atoms with E-state index < -0.39 is 6.10 Å². The zero-order valence-corrected chi connectivity index (χ0v) is 12.0. The molecule has 1 unspecified atom stereocenters. The largest absolute Gasteiger partial charge is 0.393 e. The molecule has 0 saturated carbocycles. The van der Waals surface area contributed by atoms with Gasteiger partial charge in [-0.1, -0.05) is 24.6 Å². The quantitative estimate of drug-likeness (QED) is 0.696. The molecule has 0 aliphatic rings. The third kappa shape index (κ3) is 5.84. The summed E-state index contributed by atoms with van der Waals surface area (Å²) in [6.45, 7) is 4.14. The summed E-state index contributed by atoms with van der Waals surface area (Å²) in [4.78, 5) is 23.3. The molecule has 1 aromatic carbocycles. The maximum Gasteiger partial charge on any atom is 0.251 e. The summed E-state index contributed by atoms with van der Waals surface area (Å²) in [6, 6.07) is 7.18. The summed E-state index contributed by atoms with van der Waals surface area (Å²) in [6.07, 6.45) is 0.797. The number of rotatable bonds is 7. The first kappa shape index (κ1) is 16.2. The number of carbonyl (C=O) groups is 2. The lowest BCUT2D eigenvalue weighted by Crippen LogP contribution is -2.37. The average Bonchev–Trinajstić information content (AvgIpc) is 2.44. The predicted octanol–water partition coefficient (Wildman–Crippen LogP) is 1.00. The van der Waals surface area contributed by atoms with Crippen molar-refractivity contribution in [2.75, 3.05) is 13.1 Å². The fraction of sp³-hybridized carbons (Fsp3) is 0.467. The SMILES string of the molecule is CCC(O)CCNC(=O)CNC(=O)c1cccc(C)c1. The summed E-state index contributed by atoms with van der Waals surface area (Å²) < 4.78 is 0. The average molecular weight is 278 g/mol. The van der Waals surface area contributed by atoms with Crippen LogP contribution in [0, 0.1) is 6.92 Å². The highest BCUT2D eigenvalue weighted by molar-refractivity contribution is 5.96. The van der Waals surface area contributed by atoms with Crippen LogP contribution in [-0.2, 0) is 4.79 Å². The Bertz CT molecular complexity index is 460. The van der Waals surface area contributed by atoms with Crippen LogP contribution in [0.3, 0.4) is 0 Å². The summed E-state index contributed by atoms with van der Waals surface area (Å²) in [5.41, 5.74) is 1.54. The molecule has 0 saturated heterocycles. The lowest BCUT2D eigenvalue weighted by Gasteiger charge is -2.09. The lowest BCUT2D eigenvalue weighted by atomic mass is 10.1. The molecule has 5 heteroatoms. The van der Waals surface area contributed by atoms with Gasteiger partial charge in [-0.05, 0) is 31.9 Å². The van der Waals surface area contributed by atoms with Gasteiger partial charge in [0.2, 0.25) is 5.91 Å². The molecule has 20 heavy (non-hydrogen) atoms. The number of hydrogen-bond donors (Lipinski definition) is 3. The first-order valence-corrected chi connectivity index (χ1v) is 6.82. The van der Waals surface area contributed by atoms with E-state index in [1.54, 1.807) is 18.2 Å². The molecule has 0 aromatic heterocycles. The second kappa shape index (κ2) is 8.32. The van der Waals surface area contributed by atoms with Gasteiger partial charge in [0.15, 0.2) is 0 Å². The van der Waals surface area contributed by atoms with Crippen LogP contribution < -0.4 is 10.6 Å². The number of aryl methyl sites for hydroxylation is 1. The molecule has 0 spiro atoms. The third-order valence-corrected chi connectivity index (χ3v) is 2.96. The standard InChI is InChI=1S/C15H22N2O3/c1-3-13(18)7-8-16-14(19)10-17-15(20)12-6-4-5-11(2)9-12/h4-6,9,13,18H,3,7-8,10H2,1-2H3,(H,16,19)(H,17,20). The second-order valence-corrected chi connectivity index (χ2v) is 4.75. The van der Waals surface area contributed by atoms with Crippen molar-refractivity contribution in [2.24, 2.45) is 0 Å². The highest BCUT2D eigenvalue weighted by Gasteiger charge is 2.08. The Morgan fingerprint density at radius 1 is 1.30 bits per heavy atom. The van der Waals surface area contributed by atoms with Crippen LogP contribution in [0.1, 0.15) is 35.7 Å². The van der Waals surface area contributed by atoms with Gasteiger partial charge < -0.3 is 15.7 Å². The highest BCUT2D eigenvalue weighted by atomic mass is 16.3. The normalized spacial score (nSPS) is 11.8. The van der Waals surface area contributed by atoms with Crippen LogP contribution in [0.15, 0.2) is 24.3 Å². The molecule has 0 heterocycles. The molecule has 1 rings (SSSR count). The van der Waals surface area contributed by atoms with Gasteiger partial charge in [-0.25, -0.2) is 0 Å². The van der Waals surface area contributed by atoms with Gasteiger partial charge in [0.25, 0.3) is 5.91 Å². The monoisotopic (exact) mass is 278 g/mol. The highest BCUT2D eigenvalue weighted by Crippen LogP contribution is 2.03. The number of benzene rings is 1. The predicted molar refractivity (Wildman–Crippen MR) is 77.4 cm³/mol. The molecule has 3 N–H and O–H groups in total. The first-order valence-electron chi connectivity index (χ1n) is 6.82. The van der Waals surface area contributed by atoms with Gasteiger partial charge in [0.1, 0.15) is 0 Å². The Hall–Kier alpha value is -1.88. The minimum atomic E-state index is -0.391.